The van der Waals surface area contributed by atoms with Crippen LogP contribution >= 0.6 is 0 Å². The predicted octanol–water partition coefficient (Wildman–Crippen LogP) is 4.96. The molecule has 0 radical (unpaired) electrons. The second-order valence-corrected chi connectivity index (χ2v) is 5.36. The monoisotopic (exact) mass is 240 g/mol. The zero-order valence-corrected chi connectivity index (χ0v) is 11.5. The van der Waals surface area contributed by atoms with Crippen molar-refractivity contribution in [1.82, 2.24) is 0 Å². The van der Waals surface area contributed by atoms with E-state index in [9.17, 15) is 0 Å². The van der Waals surface area contributed by atoms with Crippen molar-refractivity contribution >= 4 is 0 Å². The van der Waals surface area contributed by atoms with Crippen molar-refractivity contribution in [3.8, 4) is 11.8 Å². The zero-order valence-electron chi connectivity index (χ0n) is 11.5. The number of benzene rings is 1. The van der Waals surface area contributed by atoms with Gasteiger partial charge in [-0.15, -0.1) is 0 Å². The molecule has 0 aliphatic heterocycles. The number of aryl methyl sites for hydroxylation is 1. The van der Waals surface area contributed by atoms with Crippen molar-refractivity contribution in [3.63, 3.8) is 0 Å². The number of unbranched alkanes of at least 4 members (excludes halogenated alkanes) is 1. The van der Waals surface area contributed by atoms with Gasteiger partial charge >= 0.3 is 0 Å². The highest BCUT2D eigenvalue weighted by molar-refractivity contribution is 5.41. The molecule has 0 N–H and O–H groups in total. The van der Waals surface area contributed by atoms with E-state index in [0.717, 1.165) is 0 Å². The van der Waals surface area contributed by atoms with Gasteiger partial charge in [-0.05, 0) is 37.3 Å². The van der Waals surface area contributed by atoms with Crippen LogP contribution in [-0.2, 0) is 6.42 Å². The number of hydrogen-bond acceptors (Lipinski definition) is 0. The van der Waals surface area contributed by atoms with Crippen LogP contribution in [0.3, 0.4) is 0 Å². The summed E-state index contributed by atoms with van der Waals surface area (Å²) in [5.74, 6) is 7.60. The second-order valence-electron chi connectivity index (χ2n) is 5.36. The van der Waals surface area contributed by atoms with Crippen LogP contribution in [0.2, 0.25) is 0 Å². The van der Waals surface area contributed by atoms with E-state index in [-0.39, 0.29) is 0 Å². The van der Waals surface area contributed by atoms with Gasteiger partial charge < -0.3 is 0 Å². The van der Waals surface area contributed by atoms with E-state index >= 15 is 0 Å². The summed E-state index contributed by atoms with van der Waals surface area (Å²) in [6, 6.07) is 8.67. The molecule has 0 amide bonds. The molecule has 0 atom stereocenters. The molecule has 2 rings (SSSR count). The molecule has 18 heavy (non-hydrogen) atoms. The lowest BCUT2D eigenvalue weighted by Crippen LogP contribution is -2.03. The Labute approximate surface area is 112 Å². The Balaban J connectivity index is 2.05. The minimum Gasteiger partial charge on any atom is -0.0945 e. The maximum atomic E-state index is 3.50. The van der Waals surface area contributed by atoms with E-state index < -0.39 is 0 Å². The molecular weight excluding hydrogens is 216 g/mol. The molecule has 0 heteroatoms. The van der Waals surface area contributed by atoms with E-state index in [1.165, 1.54) is 62.5 Å². The minimum absolute atomic E-state index is 0.651. The van der Waals surface area contributed by atoms with Crippen molar-refractivity contribution < 1.29 is 0 Å². The first-order valence-electron chi connectivity index (χ1n) is 7.49. The van der Waals surface area contributed by atoms with Crippen LogP contribution in [0, 0.1) is 17.8 Å². The van der Waals surface area contributed by atoms with Gasteiger partial charge in [0, 0.05) is 11.5 Å². The summed E-state index contributed by atoms with van der Waals surface area (Å²) >= 11 is 0. The lowest BCUT2D eigenvalue weighted by atomic mass is 9.89. The van der Waals surface area contributed by atoms with Crippen LogP contribution in [0.5, 0.6) is 0 Å². The van der Waals surface area contributed by atoms with Crippen LogP contribution in [-0.4, -0.2) is 0 Å². The molecule has 1 fully saturated rings. The molecule has 0 bridgehead atoms. The Morgan fingerprint density at radius 2 is 1.89 bits per heavy atom. The van der Waals surface area contributed by atoms with Crippen molar-refractivity contribution in [3.05, 3.63) is 35.4 Å². The van der Waals surface area contributed by atoms with Gasteiger partial charge in [0.1, 0.15) is 0 Å². The van der Waals surface area contributed by atoms with E-state index in [0.29, 0.717) is 5.92 Å². The molecule has 1 saturated carbocycles. The lowest BCUT2D eigenvalue weighted by Gasteiger charge is -2.15. The Morgan fingerprint density at radius 3 is 2.67 bits per heavy atom. The van der Waals surface area contributed by atoms with Crippen LogP contribution in [0.1, 0.15) is 63.0 Å². The van der Waals surface area contributed by atoms with Gasteiger partial charge in [0.15, 0.2) is 0 Å². The normalized spacial score (nSPS) is 16.1. The predicted molar refractivity (Wildman–Crippen MR) is 78.5 cm³/mol. The van der Waals surface area contributed by atoms with E-state index in [1.54, 1.807) is 0 Å². The summed E-state index contributed by atoms with van der Waals surface area (Å²) in [5, 5.41) is 0. The zero-order chi connectivity index (χ0) is 12.6. The van der Waals surface area contributed by atoms with Gasteiger partial charge in [-0.3, -0.25) is 0 Å². The summed E-state index contributed by atoms with van der Waals surface area (Å²) in [5.41, 5.74) is 2.69. The van der Waals surface area contributed by atoms with E-state index in [1.807, 2.05) is 0 Å². The van der Waals surface area contributed by atoms with E-state index in [2.05, 4.69) is 43.0 Å². The maximum Gasteiger partial charge on any atom is 0.0277 e. The molecule has 0 heterocycles. The Kier molecular flexibility index (Phi) is 5.34. The van der Waals surface area contributed by atoms with Crippen LogP contribution < -0.4 is 0 Å². The van der Waals surface area contributed by atoms with Gasteiger partial charge in [-0.25, -0.2) is 0 Å². The van der Waals surface area contributed by atoms with Gasteiger partial charge in [0.05, 0.1) is 0 Å². The molecule has 1 aliphatic carbocycles. The van der Waals surface area contributed by atoms with Crippen molar-refractivity contribution in [2.24, 2.45) is 5.92 Å². The molecule has 1 aromatic carbocycles. The molecule has 0 nitrogen and oxygen atoms in total. The highest BCUT2D eigenvalue weighted by Crippen LogP contribution is 2.23. The van der Waals surface area contributed by atoms with Gasteiger partial charge in [-0.2, -0.15) is 0 Å². The quantitative estimate of drug-likeness (QED) is 0.655. The van der Waals surface area contributed by atoms with E-state index in [4.69, 9.17) is 0 Å². The fourth-order valence-electron chi connectivity index (χ4n) is 2.65. The fraction of sp³-hybridized carbons (Fsp3) is 0.556. The second kappa shape index (κ2) is 7.27. The lowest BCUT2D eigenvalue weighted by molar-refractivity contribution is 0.430. The van der Waals surface area contributed by atoms with Crippen LogP contribution in [0.4, 0.5) is 0 Å². The summed E-state index contributed by atoms with van der Waals surface area (Å²) < 4.78 is 0. The molecule has 0 saturated heterocycles. The topological polar surface area (TPSA) is 0 Å². The average Bonchev–Trinajstić information content (AvgIpc) is 2.45. The van der Waals surface area contributed by atoms with Crippen LogP contribution in [0.15, 0.2) is 24.3 Å². The molecule has 96 valence electrons. The first kappa shape index (κ1) is 13.2. The smallest absolute Gasteiger partial charge is 0.0277 e. The third kappa shape index (κ3) is 3.91. The fourth-order valence-corrected chi connectivity index (χ4v) is 2.65. The SMILES string of the molecule is CCCCc1ccccc1C#CC1CCCCC1. The molecule has 0 aromatic heterocycles. The minimum atomic E-state index is 0.651. The Morgan fingerprint density at radius 1 is 1.11 bits per heavy atom. The maximum absolute atomic E-state index is 3.50. The number of rotatable bonds is 3. The third-order valence-electron chi connectivity index (χ3n) is 3.83. The summed E-state index contributed by atoms with van der Waals surface area (Å²) in [4.78, 5) is 0. The molecular formula is C18H24. The largest absolute Gasteiger partial charge is 0.0945 e. The highest BCUT2D eigenvalue weighted by atomic mass is 14.1. The number of hydrogen-bond donors (Lipinski definition) is 0. The van der Waals surface area contributed by atoms with Crippen molar-refractivity contribution in [2.75, 3.05) is 0 Å². The van der Waals surface area contributed by atoms with Crippen molar-refractivity contribution in [2.45, 2.75) is 58.3 Å². The van der Waals surface area contributed by atoms with Gasteiger partial charge in [-0.1, -0.05) is 62.6 Å². The average molecular weight is 240 g/mol. The summed E-state index contributed by atoms with van der Waals surface area (Å²) in [6.45, 7) is 2.25. The standard InChI is InChI=1S/C18H24/c1-2-3-11-17-12-7-8-13-18(17)15-14-16-9-5-4-6-10-16/h7-8,12-13,16H,2-6,9-11H2,1H3. The van der Waals surface area contributed by atoms with Crippen molar-refractivity contribution in [1.29, 1.82) is 0 Å². The Hall–Kier alpha value is -1.22. The molecule has 1 aliphatic rings. The molecule has 1 aromatic rings. The Bertz CT molecular complexity index is 413. The van der Waals surface area contributed by atoms with Gasteiger partial charge in [0.2, 0.25) is 0 Å². The summed E-state index contributed by atoms with van der Waals surface area (Å²) in [6.07, 6.45) is 10.5. The first-order valence-corrected chi connectivity index (χ1v) is 7.49. The molecule has 0 unspecified atom stereocenters. The van der Waals surface area contributed by atoms with Gasteiger partial charge in [0.25, 0.3) is 0 Å². The van der Waals surface area contributed by atoms with Crippen LogP contribution in [0.25, 0.3) is 0 Å². The molecule has 0 spiro atoms. The third-order valence-corrected chi connectivity index (χ3v) is 3.83. The first-order chi connectivity index (χ1) is 8.90. The summed E-state index contributed by atoms with van der Waals surface area (Å²) in [7, 11) is 0. The highest BCUT2D eigenvalue weighted by Gasteiger charge is 2.10.